The van der Waals surface area contributed by atoms with Crippen molar-refractivity contribution in [3.05, 3.63) is 46.2 Å². The highest BCUT2D eigenvalue weighted by atomic mass is 16.5. The Morgan fingerprint density at radius 2 is 1.73 bits per heavy atom. The number of fused-ring (bicyclic) bond motifs is 3. The van der Waals surface area contributed by atoms with Crippen LogP contribution in [-0.2, 0) is 35.1 Å². The van der Waals surface area contributed by atoms with Crippen LogP contribution in [0.3, 0.4) is 0 Å². The van der Waals surface area contributed by atoms with Crippen LogP contribution in [0, 0.1) is 11.8 Å². The van der Waals surface area contributed by atoms with Gasteiger partial charge in [-0.3, -0.25) is 24.0 Å². The van der Waals surface area contributed by atoms with Gasteiger partial charge in [-0.15, -0.1) is 0 Å². The van der Waals surface area contributed by atoms with Crippen molar-refractivity contribution in [2.45, 2.75) is 50.2 Å². The molecule has 196 valence electrons. The number of hydrogen-bond acceptors (Lipinski definition) is 10. The van der Waals surface area contributed by atoms with E-state index in [4.69, 9.17) is 15.6 Å². The molecule has 0 unspecified atom stereocenters. The van der Waals surface area contributed by atoms with Crippen molar-refractivity contribution < 1.29 is 54.2 Å². The predicted molar refractivity (Wildman–Crippen MR) is 123 cm³/mol. The SMILES string of the molecule is NC(=O)C1=C(O)[C@@]2(O)C(=O)C3=C(O)c4c(O)cccc4C[C@H]3[C@H](OC(=O)CCCCC(=O)O)[C@H]2CC1=O. The summed E-state index contributed by atoms with van der Waals surface area (Å²) in [5.74, 6) is -10.3. The number of phenols is 1. The van der Waals surface area contributed by atoms with Crippen molar-refractivity contribution in [1.82, 2.24) is 0 Å². The number of rotatable bonds is 7. The van der Waals surface area contributed by atoms with Gasteiger partial charge in [0.15, 0.2) is 11.4 Å². The third-order valence-corrected chi connectivity index (χ3v) is 7.17. The molecule has 1 aromatic rings. The summed E-state index contributed by atoms with van der Waals surface area (Å²) < 4.78 is 5.63. The van der Waals surface area contributed by atoms with Crippen LogP contribution >= 0.6 is 0 Å². The Bertz CT molecular complexity index is 1290. The number of esters is 1. The van der Waals surface area contributed by atoms with Gasteiger partial charge >= 0.3 is 11.9 Å². The number of primary amides is 1. The topological polar surface area (TPSA) is 222 Å². The predicted octanol–water partition coefficient (Wildman–Crippen LogP) is 0.591. The van der Waals surface area contributed by atoms with Crippen molar-refractivity contribution in [3.63, 3.8) is 0 Å². The molecule has 7 N–H and O–H groups in total. The molecule has 3 aliphatic carbocycles. The van der Waals surface area contributed by atoms with E-state index in [1.165, 1.54) is 12.1 Å². The number of aliphatic hydroxyl groups excluding tert-OH is 2. The monoisotopic (exact) mass is 515 g/mol. The van der Waals surface area contributed by atoms with Crippen LogP contribution in [0.2, 0.25) is 0 Å². The fraction of sp³-hybridized carbons (Fsp3) is 0.400. The minimum atomic E-state index is -2.92. The molecule has 1 saturated carbocycles. The van der Waals surface area contributed by atoms with E-state index in [9.17, 15) is 44.4 Å². The number of ketones is 2. The van der Waals surface area contributed by atoms with E-state index >= 15 is 0 Å². The molecule has 0 aliphatic heterocycles. The number of nitrogens with two attached hydrogens (primary N) is 1. The maximum atomic E-state index is 13.6. The van der Waals surface area contributed by atoms with Crippen molar-refractivity contribution in [3.8, 4) is 5.75 Å². The average Bonchev–Trinajstić information content (AvgIpc) is 2.81. The first-order valence-corrected chi connectivity index (χ1v) is 11.6. The van der Waals surface area contributed by atoms with Crippen LogP contribution in [0.15, 0.2) is 35.1 Å². The minimum absolute atomic E-state index is 0.0280. The molecule has 4 atom stereocenters. The number of phenolic OH excluding ortho intramolecular Hbond substituents is 1. The van der Waals surface area contributed by atoms with Crippen molar-refractivity contribution in [2.24, 2.45) is 17.6 Å². The van der Waals surface area contributed by atoms with Gasteiger partial charge in [-0.1, -0.05) is 12.1 Å². The second-order valence-electron chi connectivity index (χ2n) is 9.36. The van der Waals surface area contributed by atoms with Gasteiger partial charge in [-0.2, -0.15) is 0 Å². The molecule has 1 fully saturated rings. The number of carbonyl (C=O) groups is 5. The van der Waals surface area contributed by atoms with Crippen molar-refractivity contribution >= 4 is 35.2 Å². The number of carbonyl (C=O) groups excluding carboxylic acids is 4. The molecule has 12 heteroatoms. The second kappa shape index (κ2) is 9.36. The van der Waals surface area contributed by atoms with E-state index in [1.807, 2.05) is 0 Å². The fourth-order valence-electron chi connectivity index (χ4n) is 5.47. The van der Waals surface area contributed by atoms with Crippen LogP contribution in [-0.4, -0.2) is 66.6 Å². The lowest BCUT2D eigenvalue weighted by molar-refractivity contribution is -0.177. The number of unbranched alkanes of at least 4 members (excludes halogenated alkanes) is 1. The molecule has 37 heavy (non-hydrogen) atoms. The third kappa shape index (κ3) is 4.12. The number of carboxylic acids is 1. The smallest absolute Gasteiger partial charge is 0.306 e. The van der Waals surface area contributed by atoms with E-state index in [0.717, 1.165) is 0 Å². The second-order valence-corrected chi connectivity index (χ2v) is 9.36. The summed E-state index contributed by atoms with van der Waals surface area (Å²) in [5.41, 5.74) is 1.20. The molecular weight excluding hydrogens is 490 g/mol. The number of Topliss-reactive ketones (excluding diaryl/α,β-unsaturated/α-hetero) is 2. The van der Waals surface area contributed by atoms with E-state index in [-0.39, 0.29) is 43.4 Å². The number of aromatic hydroxyl groups is 1. The van der Waals surface area contributed by atoms with Crippen molar-refractivity contribution in [1.29, 1.82) is 0 Å². The molecule has 1 amide bonds. The fourth-order valence-corrected chi connectivity index (χ4v) is 5.47. The van der Waals surface area contributed by atoms with E-state index in [0.29, 0.717) is 5.56 Å². The molecule has 4 rings (SSSR count). The number of carboxylic acid groups (broad SMARTS) is 1. The van der Waals surface area contributed by atoms with Crippen LogP contribution in [0.4, 0.5) is 0 Å². The first-order chi connectivity index (χ1) is 17.4. The standard InChI is InChI=1S/C25H25NO11/c26-24(35)19-14(28)9-12-21(37-16(31)7-2-1-6-15(29)30)11-8-10-4-3-5-13(27)17(10)20(32)18(11)22(33)25(12,36)23(19)34/h3-5,11-12,21,27,32,34,36H,1-2,6-9H2,(H2,26,35)(H,29,30)/t11-,12-,21+,25+/m1/s1. The lowest BCUT2D eigenvalue weighted by Crippen LogP contribution is -2.64. The highest BCUT2D eigenvalue weighted by molar-refractivity contribution is 6.23. The summed E-state index contributed by atoms with van der Waals surface area (Å²) in [6.07, 6.45) is -2.13. The maximum absolute atomic E-state index is 13.6. The Balaban J connectivity index is 1.82. The molecule has 1 aromatic carbocycles. The van der Waals surface area contributed by atoms with Gasteiger partial charge in [0.2, 0.25) is 5.78 Å². The minimum Gasteiger partial charge on any atom is -0.508 e. The van der Waals surface area contributed by atoms with Crippen LogP contribution in [0.5, 0.6) is 5.75 Å². The molecule has 12 nitrogen and oxygen atoms in total. The van der Waals surface area contributed by atoms with Gasteiger partial charge in [0.1, 0.15) is 28.9 Å². The maximum Gasteiger partial charge on any atom is 0.306 e. The zero-order valence-electron chi connectivity index (χ0n) is 19.5. The lowest BCUT2D eigenvalue weighted by atomic mass is 9.57. The molecule has 3 aliphatic rings. The Kier molecular flexibility index (Phi) is 6.55. The zero-order chi connectivity index (χ0) is 27.2. The van der Waals surface area contributed by atoms with Crippen LogP contribution in [0.25, 0.3) is 5.76 Å². The number of hydrogen-bond donors (Lipinski definition) is 6. The van der Waals surface area contributed by atoms with E-state index in [1.54, 1.807) is 6.07 Å². The lowest BCUT2D eigenvalue weighted by Gasteiger charge is -2.49. The Hall–Kier alpha value is -4.19. The molecule has 0 spiro atoms. The van der Waals surface area contributed by atoms with Gasteiger partial charge in [-0.05, 0) is 30.9 Å². The highest BCUT2D eigenvalue weighted by Gasteiger charge is 2.65. The molecule has 0 saturated heterocycles. The van der Waals surface area contributed by atoms with Crippen LogP contribution < -0.4 is 5.73 Å². The molecule has 0 bridgehead atoms. The number of amides is 1. The van der Waals surface area contributed by atoms with Crippen molar-refractivity contribution in [2.75, 3.05) is 0 Å². The first-order valence-electron chi connectivity index (χ1n) is 11.6. The summed E-state index contributed by atoms with van der Waals surface area (Å²) in [4.78, 5) is 61.6. The first kappa shape index (κ1) is 25.9. The van der Waals surface area contributed by atoms with Gasteiger partial charge < -0.3 is 36.0 Å². The van der Waals surface area contributed by atoms with Gasteiger partial charge in [-0.25, -0.2) is 0 Å². The third-order valence-electron chi connectivity index (χ3n) is 7.17. The number of ether oxygens (including phenoxy) is 1. The summed E-state index contributed by atoms with van der Waals surface area (Å²) in [6, 6.07) is 4.36. The summed E-state index contributed by atoms with van der Waals surface area (Å²) >= 11 is 0. The van der Waals surface area contributed by atoms with Gasteiger partial charge in [0.25, 0.3) is 5.91 Å². The van der Waals surface area contributed by atoms with E-state index < -0.39 is 82.0 Å². The Morgan fingerprint density at radius 3 is 2.38 bits per heavy atom. The quantitative estimate of drug-likeness (QED) is 0.167. The van der Waals surface area contributed by atoms with Gasteiger partial charge in [0.05, 0.1) is 5.56 Å². The Morgan fingerprint density at radius 1 is 1.05 bits per heavy atom. The number of aliphatic hydroxyl groups is 3. The number of aliphatic carboxylic acids is 1. The normalized spacial score (nSPS) is 26.8. The molecule has 0 aromatic heterocycles. The summed E-state index contributed by atoms with van der Waals surface area (Å²) in [5, 5.41) is 52.4. The Labute approximate surface area is 209 Å². The summed E-state index contributed by atoms with van der Waals surface area (Å²) in [7, 11) is 0. The van der Waals surface area contributed by atoms with Crippen LogP contribution in [0.1, 0.15) is 43.2 Å². The summed E-state index contributed by atoms with van der Waals surface area (Å²) in [6.45, 7) is 0. The molecule has 0 radical (unpaired) electrons. The van der Waals surface area contributed by atoms with Gasteiger partial charge in [0, 0.05) is 36.7 Å². The average molecular weight is 515 g/mol. The largest absolute Gasteiger partial charge is 0.508 e. The zero-order valence-corrected chi connectivity index (χ0v) is 19.5. The molecular formula is C25H25NO11. The van der Waals surface area contributed by atoms with E-state index in [2.05, 4.69) is 0 Å². The number of benzene rings is 1. The highest BCUT2D eigenvalue weighted by Crippen LogP contribution is 2.52. The molecule has 0 heterocycles.